The van der Waals surface area contributed by atoms with Crippen molar-refractivity contribution in [2.75, 3.05) is 5.75 Å². The van der Waals surface area contributed by atoms with Gasteiger partial charge in [-0.2, -0.15) is 4.98 Å². The van der Waals surface area contributed by atoms with Gasteiger partial charge < -0.3 is 4.57 Å². The Morgan fingerprint density at radius 3 is 2.36 bits per heavy atom. The van der Waals surface area contributed by atoms with Gasteiger partial charge in [-0.3, -0.25) is 9.59 Å². The first kappa shape index (κ1) is 28.1. The summed E-state index contributed by atoms with van der Waals surface area (Å²) in [6.07, 6.45) is 13.1. The number of Topliss-reactive ketones (excluding diaryl/α,β-unsaturated/α-hetero) is 1. The number of thioether (sulfide) groups is 1. The maximum Gasteiger partial charge on any atom is 0.277 e. The number of ketones is 1. The zero-order chi connectivity index (χ0) is 26.0. The predicted molar refractivity (Wildman–Crippen MR) is 147 cm³/mol. The minimum absolute atomic E-state index is 0.0582. The number of unbranched alkanes of at least 4 members (excludes halogenated alkanes) is 4. The second-order valence-electron chi connectivity index (χ2n) is 10.3. The Morgan fingerprint density at radius 2 is 1.67 bits per heavy atom. The van der Waals surface area contributed by atoms with Crippen LogP contribution in [0.2, 0.25) is 5.02 Å². The van der Waals surface area contributed by atoms with Gasteiger partial charge >= 0.3 is 0 Å². The van der Waals surface area contributed by atoms with E-state index in [1.165, 1.54) is 6.33 Å². The zero-order valence-corrected chi connectivity index (χ0v) is 22.9. The number of carbonyl (C=O) groups excluding carboxylic acids is 1. The summed E-state index contributed by atoms with van der Waals surface area (Å²) >= 11 is 7.53. The minimum atomic E-state index is -0.183. The molecule has 0 amide bonds. The molecule has 0 fully saturated rings. The van der Waals surface area contributed by atoms with E-state index < -0.39 is 0 Å². The molecule has 0 unspecified atom stereocenters. The first-order valence-corrected chi connectivity index (χ1v) is 13.8. The van der Waals surface area contributed by atoms with Crippen LogP contribution in [0.25, 0.3) is 0 Å². The number of rotatable bonds is 13. The van der Waals surface area contributed by atoms with Crippen LogP contribution in [-0.2, 0) is 13.0 Å². The van der Waals surface area contributed by atoms with Gasteiger partial charge in [-0.25, -0.2) is 9.97 Å². The average Bonchev–Trinajstić information content (AvgIpc) is 2.83. The first-order valence-electron chi connectivity index (χ1n) is 12.5. The smallest absolute Gasteiger partial charge is 0.277 e. The van der Waals surface area contributed by atoms with E-state index in [1.807, 2.05) is 6.20 Å². The lowest BCUT2D eigenvalue weighted by Gasteiger charge is -2.23. The molecule has 8 heteroatoms. The van der Waals surface area contributed by atoms with Crippen molar-refractivity contribution in [2.24, 2.45) is 5.41 Å². The molecule has 2 aromatic heterocycles. The molecule has 0 aliphatic carbocycles. The largest absolute Gasteiger partial charge is 0.326 e. The quantitative estimate of drug-likeness (QED) is 0.107. The van der Waals surface area contributed by atoms with Crippen molar-refractivity contribution in [1.82, 2.24) is 19.5 Å². The summed E-state index contributed by atoms with van der Waals surface area (Å²) in [6, 6.07) is 7.10. The summed E-state index contributed by atoms with van der Waals surface area (Å²) < 4.78 is 2.12. The van der Waals surface area contributed by atoms with Crippen molar-refractivity contribution in [3.05, 3.63) is 81.3 Å². The van der Waals surface area contributed by atoms with Crippen LogP contribution in [0.5, 0.6) is 0 Å². The van der Waals surface area contributed by atoms with Crippen molar-refractivity contribution in [3.63, 3.8) is 0 Å². The molecule has 192 valence electrons. The Hall–Kier alpha value is -2.51. The van der Waals surface area contributed by atoms with E-state index in [4.69, 9.17) is 11.6 Å². The van der Waals surface area contributed by atoms with Crippen molar-refractivity contribution in [1.29, 1.82) is 0 Å². The SMILES string of the molecule is CC(C)(C)Cn1cc(Cc2cncnc2)c(=O)nc1SCCCCCCCC(=O)c1ccc(Cl)cc1. The Labute approximate surface area is 222 Å². The average molecular weight is 527 g/mol. The highest BCUT2D eigenvalue weighted by molar-refractivity contribution is 7.99. The number of hydrogen-bond acceptors (Lipinski definition) is 6. The zero-order valence-electron chi connectivity index (χ0n) is 21.4. The fraction of sp³-hybridized carbons (Fsp3) is 0.464. The normalized spacial score (nSPS) is 11.6. The molecule has 0 atom stereocenters. The highest BCUT2D eigenvalue weighted by Gasteiger charge is 2.16. The summed E-state index contributed by atoms with van der Waals surface area (Å²) in [5, 5.41) is 1.42. The molecular formula is C28H35ClN4O2S. The topological polar surface area (TPSA) is 77.7 Å². The fourth-order valence-corrected chi connectivity index (χ4v) is 4.97. The van der Waals surface area contributed by atoms with Crippen LogP contribution < -0.4 is 5.56 Å². The third-order valence-corrected chi connectivity index (χ3v) is 6.96. The molecular weight excluding hydrogens is 492 g/mol. The fourth-order valence-electron chi connectivity index (χ4n) is 3.88. The molecule has 0 saturated heterocycles. The van der Waals surface area contributed by atoms with E-state index in [0.717, 1.165) is 60.7 Å². The molecule has 0 radical (unpaired) electrons. The molecule has 1 aromatic carbocycles. The third kappa shape index (κ3) is 9.51. The molecule has 0 aliphatic heterocycles. The Bertz CT molecular complexity index is 1170. The molecule has 0 N–H and O–H groups in total. The summed E-state index contributed by atoms with van der Waals surface area (Å²) in [6.45, 7) is 7.33. The second kappa shape index (κ2) is 13.7. The monoisotopic (exact) mass is 526 g/mol. The molecule has 0 saturated carbocycles. The molecule has 0 aliphatic rings. The Kier molecular flexibility index (Phi) is 10.7. The number of hydrogen-bond donors (Lipinski definition) is 0. The minimum Gasteiger partial charge on any atom is -0.326 e. The van der Waals surface area contributed by atoms with Gasteiger partial charge in [0.1, 0.15) is 6.33 Å². The summed E-state index contributed by atoms with van der Waals surface area (Å²) in [5.41, 5.74) is 2.16. The highest BCUT2D eigenvalue weighted by atomic mass is 35.5. The van der Waals surface area contributed by atoms with Gasteiger partial charge in [0, 0.05) is 59.9 Å². The number of benzene rings is 1. The molecule has 36 heavy (non-hydrogen) atoms. The van der Waals surface area contributed by atoms with Crippen molar-refractivity contribution in [2.45, 2.75) is 77.4 Å². The van der Waals surface area contributed by atoms with Gasteiger partial charge in [0.25, 0.3) is 5.56 Å². The van der Waals surface area contributed by atoms with Crippen molar-refractivity contribution >= 4 is 29.1 Å². The van der Waals surface area contributed by atoms with Crippen LogP contribution >= 0.6 is 23.4 Å². The predicted octanol–water partition coefficient (Wildman–Crippen LogP) is 6.64. The van der Waals surface area contributed by atoms with Crippen LogP contribution in [0.3, 0.4) is 0 Å². The maximum atomic E-state index is 12.7. The first-order chi connectivity index (χ1) is 17.2. The number of aromatic nitrogens is 4. The standard InChI is InChI=1S/C28H35ClN4O2S/c1-28(2,3)19-33-18-23(15-21-16-30-20-31-17-21)26(35)32-27(33)36-14-8-6-4-5-7-9-25(34)22-10-12-24(29)13-11-22/h10-13,16-18,20H,4-9,14-15,19H2,1-3H3. The maximum absolute atomic E-state index is 12.7. The molecule has 2 heterocycles. The number of halogens is 1. The number of nitrogens with zero attached hydrogens (tertiary/aromatic N) is 4. The lowest BCUT2D eigenvalue weighted by molar-refractivity contribution is 0.0979. The molecule has 0 bridgehead atoms. The van der Waals surface area contributed by atoms with E-state index in [0.29, 0.717) is 23.4 Å². The van der Waals surface area contributed by atoms with Gasteiger partial charge in [-0.15, -0.1) is 0 Å². The lowest BCUT2D eigenvalue weighted by atomic mass is 9.97. The summed E-state index contributed by atoms with van der Waals surface area (Å²) in [5.74, 6) is 1.08. The van der Waals surface area contributed by atoms with Crippen LogP contribution in [0.1, 0.15) is 80.8 Å². The van der Waals surface area contributed by atoms with Gasteiger partial charge in [-0.1, -0.05) is 63.4 Å². The Morgan fingerprint density at radius 1 is 1.00 bits per heavy atom. The van der Waals surface area contributed by atoms with Crippen LogP contribution in [0, 0.1) is 5.41 Å². The van der Waals surface area contributed by atoms with Crippen molar-refractivity contribution in [3.8, 4) is 0 Å². The highest BCUT2D eigenvalue weighted by Crippen LogP contribution is 2.23. The van der Waals surface area contributed by atoms with E-state index in [-0.39, 0.29) is 16.8 Å². The van der Waals surface area contributed by atoms with Gasteiger partial charge in [0.15, 0.2) is 10.9 Å². The molecule has 6 nitrogen and oxygen atoms in total. The lowest BCUT2D eigenvalue weighted by Crippen LogP contribution is -2.24. The van der Waals surface area contributed by atoms with Crippen LogP contribution in [0.15, 0.2) is 59.1 Å². The van der Waals surface area contributed by atoms with E-state index in [2.05, 4.69) is 40.3 Å². The van der Waals surface area contributed by atoms with E-state index in [9.17, 15) is 9.59 Å². The Balaban J connectivity index is 1.46. The molecule has 0 spiro atoms. The van der Waals surface area contributed by atoms with E-state index in [1.54, 1.807) is 48.4 Å². The van der Waals surface area contributed by atoms with Gasteiger partial charge in [0.05, 0.1) is 0 Å². The van der Waals surface area contributed by atoms with Crippen molar-refractivity contribution < 1.29 is 4.79 Å². The van der Waals surface area contributed by atoms with Crippen LogP contribution in [-0.4, -0.2) is 31.1 Å². The number of carbonyl (C=O) groups is 1. The third-order valence-electron chi connectivity index (χ3n) is 5.63. The van der Waals surface area contributed by atoms with E-state index >= 15 is 0 Å². The summed E-state index contributed by atoms with van der Waals surface area (Å²) in [7, 11) is 0. The van der Waals surface area contributed by atoms with Gasteiger partial charge in [-0.05, 0) is 48.1 Å². The molecule has 3 rings (SSSR count). The summed E-state index contributed by atoms with van der Waals surface area (Å²) in [4.78, 5) is 37.5. The second-order valence-corrected chi connectivity index (χ2v) is 11.8. The van der Waals surface area contributed by atoms with Gasteiger partial charge in [0.2, 0.25) is 0 Å². The molecule has 3 aromatic rings. The van der Waals surface area contributed by atoms with Crippen LogP contribution in [0.4, 0.5) is 0 Å².